The third-order valence-corrected chi connectivity index (χ3v) is 3.89. The quantitative estimate of drug-likeness (QED) is 0.878. The third kappa shape index (κ3) is 2.77. The van der Waals surface area contributed by atoms with Crippen molar-refractivity contribution in [2.75, 3.05) is 6.54 Å². The molecule has 0 aliphatic heterocycles. The van der Waals surface area contributed by atoms with Gasteiger partial charge in [0, 0.05) is 49.7 Å². The summed E-state index contributed by atoms with van der Waals surface area (Å²) in [7, 11) is 2.00. The maximum atomic E-state index is 4.54. The Morgan fingerprint density at radius 2 is 2.05 bits per heavy atom. The number of nitrogens with one attached hydrogen (secondary N) is 1. The van der Waals surface area contributed by atoms with E-state index in [2.05, 4.69) is 47.7 Å². The van der Waals surface area contributed by atoms with E-state index in [1.807, 2.05) is 24.1 Å². The van der Waals surface area contributed by atoms with E-state index in [1.165, 1.54) is 11.3 Å². The molecule has 2 aromatic heterocycles. The van der Waals surface area contributed by atoms with Gasteiger partial charge in [-0.25, -0.2) is 4.98 Å². The van der Waals surface area contributed by atoms with Gasteiger partial charge in [-0.1, -0.05) is 6.92 Å². The third-order valence-electron chi connectivity index (χ3n) is 3.89. The summed E-state index contributed by atoms with van der Waals surface area (Å²) >= 11 is 0. The van der Waals surface area contributed by atoms with E-state index >= 15 is 0 Å². The number of hydrogen-bond acceptors (Lipinski definition) is 3. The molecule has 0 saturated heterocycles. The summed E-state index contributed by atoms with van der Waals surface area (Å²) < 4.78 is 4.16. The highest BCUT2D eigenvalue weighted by atomic mass is 15.3. The van der Waals surface area contributed by atoms with Crippen LogP contribution < -0.4 is 5.32 Å². The van der Waals surface area contributed by atoms with Gasteiger partial charge in [0.1, 0.15) is 5.82 Å². The molecule has 1 N–H and O–H groups in total. The van der Waals surface area contributed by atoms with Gasteiger partial charge in [0.2, 0.25) is 0 Å². The van der Waals surface area contributed by atoms with E-state index in [0.717, 1.165) is 31.0 Å². The van der Waals surface area contributed by atoms with Crippen molar-refractivity contribution < 1.29 is 0 Å². The fourth-order valence-electron chi connectivity index (χ4n) is 2.82. The highest BCUT2D eigenvalue weighted by Gasteiger charge is 2.21. The van der Waals surface area contributed by atoms with Crippen LogP contribution in [0.3, 0.4) is 0 Å². The van der Waals surface area contributed by atoms with Crippen molar-refractivity contribution in [1.82, 2.24) is 24.6 Å². The Morgan fingerprint density at radius 3 is 2.60 bits per heavy atom. The van der Waals surface area contributed by atoms with Crippen molar-refractivity contribution in [2.24, 2.45) is 7.05 Å². The van der Waals surface area contributed by atoms with Gasteiger partial charge in [-0.05, 0) is 27.3 Å². The second-order valence-corrected chi connectivity index (χ2v) is 5.15. The van der Waals surface area contributed by atoms with Crippen LogP contribution in [0.1, 0.15) is 42.7 Å². The highest BCUT2D eigenvalue weighted by Crippen LogP contribution is 2.24. The summed E-state index contributed by atoms with van der Waals surface area (Å²) in [4.78, 5) is 4.50. The minimum atomic E-state index is 0.265. The number of rotatable bonds is 6. The number of likely N-dealkylation sites (N-methyl/N-ethyl adjacent to an activating group) is 1. The van der Waals surface area contributed by atoms with Crippen molar-refractivity contribution in [2.45, 2.75) is 46.7 Å². The predicted octanol–water partition coefficient (Wildman–Crippen LogP) is 2.15. The topological polar surface area (TPSA) is 47.7 Å². The Kier molecular flexibility index (Phi) is 4.60. The zero-order chi connectivity index (χ0) is 14.7. The largest absolute Gasteiger partial charge is 0.335 e. The fourth-order valence-corrected chi connectivity index (χ4v) is 2.82. The maximum Gasteiger partial charge on any atom is 0.110 e. The van der Waals surface area contributed by atoms with Gasteiger partial charge in [0.25, 0.3) is 0 Å². The molecule has 1 atom stereocenters. The molecule has 2 heterocycles. The molecular formula is C15H25N5. The molecule has 0 spiro atoms. The molecule has 0 fully saturated rings. The first kappa shape index (κ1) is 14.8. The zero-order valence-electron chi connectivity index (χ0n) is 13.1. The molecule has 0 bridgehead atoms. The number of hydrogen-bond donors (Lipinski definition) is 1. The Labute approximate surface area is 121 Å². The van der Waals surface area contributed by atoms with E-state index < -0.39 is 0 Å². The van der Waals surface area contributed by atoms with E-state index in [4.69, 9.17) is 0 Å². The standard InChI is InChI=1S/C15H25N5/c1-6-16-13(10-14-17-8-9-20(14)7-2)15-11(3)18-19(5)12(15)4/h8-9,13,16H,6-7,10H2,1-5H3. The first-order chi connectivity index (χ1) is 9.58. The molecule has 0 saturated carbocycles. The molecule has 1 unspecified atom stereocenters. The second kappa shape index (κ2) is 6.22. The normalized spacial score (nSPS) is 12.8. The number of imidazole rings is 1. The molecule has 0 aliphatic rings. The fraction of sp³-hybridized carbons (Fsp3) is 0.600. The molecule has 0 amide bonds. The molecule has 20 heavy (non-hydrogen) atoms. The van der Waals surface area contributed by atoms with Crippen LogP contribution in [-0.2, 0) is 20.0 Å². The summed E-state index contributed by atoms with van der Waals surface area (Å²) in [5.74, 6) is 1.13. The van der Waals surface area contributed by atoms with Gasteiger partial charge < -0.3 is 9.88 Å². The molecule has 5 heteroatoms. The highest BCUT2D eigenvalue weighted by molar-refractivity contribution is 5.29. The lowest BCUT2D eigenvalue weighted by atomic mass is 10.0. The smallest absolute Gasteiger partial charge is 0.110 e. The van der Waals surface area contributed by atoms with Crippen molar-refractivity contribution in [3.8, 4) is 0 Å². The lowest BCUT2D eigenvalue weighted by Crippen LogP contribution is -2.25. The molecule has 0 aliphatic carbocycles. The number of aromatic nitrogens is 4. The summed E-state index contributed by atoms with van der Waals surface area (Å²) in [6.45, 7) is 10.4. The molecule has 2 aromatic rings. The first-order valence-electron chi connectivity index (χ1n) is 7.31. The first-order valence-corrected chi connectivity index (χ1v) is 7.31. The van der Waals surface area contributed by atoms with Crippen LogP contribution in [0, 0.1) is 13.8 Å². The van der Waals surface area contributed by atoms with Crippen LogP contribution in [0.25, 0.3) is 0 Å². The van der Waals surface area contributed by atoms with Gasteiger partial charge in [0.15, 0.2) is 0 Å². The van der Waals surface area contributed by atoms with E-state index in [1.54, 1.807) is 0 Å². The molecule has 110 valence electrons. The molecule has 5 nitrogen and oxygen atoms in total. The summed E-state index contributed by atoms with van der Waals surface area (Å²) in [5, 5.41) is 8.11. The average Bonchev–Trinajstić information content (AvgIpc) is 2.95. The van der Waals surface area contributed by atoms with E-state index in [0.29, 0.717) is 0 Å². The molecule has 0 aromatic carbocycles. The van der Waals surface area contributed by atoms with Gasteiger partial charge in [0.05, 0.1) is 5.69 Å². The van der Waals surface area contributed by atoms with E-state index in [-0.39, 0.29) is 6.04 Å². The SMILES string of the molecule is CCNC(Cc1nccn1CC)c1c(C)nn(C)c1C. The monoisotopic (exact) mass is 275 g/mol. The summed E-state index contributed by atoms with van der Waals surface area (Å²) in [5.41, 5.74) is 3.63. The molecule has 0 radical (unpaired) electrons. The van der Waals surface area contributed by atoms with Crippen LogP contribution in [0.15, 0.2) is 12.4 Å². The van der Waals surface area contributed by atoms with Crippen LogP contribution >= 0.6 is 0 Å². The minimum absolute atomic E-state index is 0.265. The Bertz CT molecular complexity index is 567. The Hall–Kier alpha value is -1.62. The maximum absolute atomic E-state index is 4.54. The Balaban J connectivity index is 2.32. The van der Waals surface area contributed by atoms with Gasteiger partial charge in [-0.2, -0.15) is 5.10 Å². The van der Waals surface area contributed by atoms with Crippen LogP contribution in [-0.4, -0.2) is 25.9 Å². The van der Waals surface area contributed by atoms with E-state index in [9.17, 15) is 0 Å². The predicted molar refractivity (Wildman–Crippen MR) is 80.7 cm³/mol. The van der Waals surface area contributed by atoms with Gasteiger partial charge >= 0.3 is 0 Å². The van der Waals surface area contributed by atoms with Crippen LogP contribution in [0.4, 0.5) is 0 Å². The summed E-state index contributed by atoms with van der Waals surface area (Å²) in [6, 6.07) is 0.265. The van der Waals surface area contributed by atoms with Crippen molar-refractivity contribution in [1.29, 1.82) is 0 Å². The van der Waals surface area contributed by atoms with Gasteiger partial charge in [-0.3, -0.25) is 4.68 Å². The van der Waals surface area contributed by atoms with Crippen LogP contribution in [0.5, 0.6) is 0 Å². The summed E-state index contributed by atoms with van der Waals surface area (Å²) in [6.07, 6.45) is 4.81. The molecule has 2 rings (SSSR count). The van der Waals surface area contributed by atoms with Crippen molar-refractivity contribution in [3.63, 3.8) is 0 Å². The zero-order valence-corrected chi connectivity index (χ0v) is 13.1. The van der Waals surface area contributed by atoms with Gasteiger partial charge in [-0.15, -0.1) is 0 Å². The minimum Gasteiger partial charge on any atom is -0.335 e. The van der Waals surface area contributed by atoms with Crippen LogP contribution in [0.2, 0.25) is 0 Å². The Morgan fingerprint density at radius 1 is 1.30 bits per heavy atom. The van der Waals surface area contributed by atoms with Crippen molar-refractivity contribution in [3.05, 3.63) is 35.2 Å². The lowest BCUT2D eigenvalue weighted by molar-refractivity contribution is 0.517. The number of aryl methyl sites for hydroxylation is 3. The number of nitrogens with zero attached hydrogens (tertiary/aromatic N) is 4. The van der Waals surface area contributed by atoms with Crippen molar-refractivity contribution >= 4 is 0 Å². The second-order valence-electron chi connectivity index (χ2n) is 5.15. The lowest BCUT2D eigenvalue weighted by Gasteiger charge is -2.19. The molecular weight excluding hydrogens is 250 g/mol. The average molecular weight is 275 g/mol.